The van der Waals surface area contributed by atoms with E-state index in [0.717, 1.165) is 23.4 Å². The van der Waals surface area contributed by atoms with E-state index in [9.17, 15) is 0 Å². The summed E-state index contributed by atoms with van der Waals surface area (Å²) in [5.74, 6) is 0. The monoisotopic (exact) mass is 247 g/mol. The molecule has 3 nitrogen and oxygen atoms in total. The Morgan fingerprint density at radius 3 is 2.41 bits per heavy atom. The number of aryl methyl sites for hydroxylation is 2. The number of benzene rings is 1. The lowest BCUT2D eigenvalue weighted by Gasteiger charge is -2.10. The van der Waals surface area contributed by atoms with Crippen molar-refractivity contribution in [1.29, 1.82) is 0 Å². The van der Waals surface area contributed by atoms with Crippen molar-refractivity contribution in [3.63, 3.8) is 0 Å². The maximum absolute atomic E-state index is 6.17. The lowest BCUT2D eigenvalue weighted by Crippen LogP contribution is -2.13. The predicted octanol–water partition coefficient (Wildman–Crippen LogP) is 2.65. The summed E-state index contributed by atoms with van der Waals surface area (Å²) in [7, 11) is 0. The third-order valence-electron chi connectivity index (χ3n) is 2.91. The summed E-state index contributed by atoms with van der Waals surface area (Å²) in [5.41, 5.74) is 9.75. The topological polar surface area (TPSA) is 51.8 Å². The summed E-state index contributed by atoms with van der Waals surface area (Å²) in [6, 6.07) is 8.65. The summed E-state index contributed by atoms with van der Waals surface area (Å²) in [4.78, 5) is 1.09. The maximum atomic E-state index is 6.17. The molecule has 2 aromatic rings. The number of nitrogens with two attached hydrogens (primary N) is 1. The molecule has 0 saturated carbocycles. The van der Waals surface area contributed by atoms with Crippen LogP contribution in [0.5, 0.6) is 0 Å². The SMILES string of the molecule is CCc1ccc(CC(N)c2snnc2C)cc1. The van der Waals surface area contributed by atoms with Gasteiger partial charge in [-0.15, -0.1) is 5.10 Å². The molecule has 2 N–H and O–H groups in total. The molecule has 4 heteroatoms. The Morgan fingerprint density at radius 2 is 1.88 bits per heavy atom. The standard InChI is InChI=1S/C13H17N3S/c1-3-10-4-6-11(7-5-10)8-12(14)13-9(2)15-16-17-13/h4-7,12H,3,8,14H2,1-2H3. The minimum absolute atomic E-state index is 0.00229. The first-order chi connectivity index (χ1) is 8.20. The van der Waals surface area contributed by atoms with Gasteiger partial charge in [0.05, 0.1) is 10.6 Å². The minimum atomic E-state index is 0.00229. The van der Waals surface area contributed by atoms with Gasteiger partial charge in [0.25, 0.3) is 0 Å². The van der Waals surface area contributed by atoms with E-state index >= 15 is 0 Å². The lowest BCUT2D eigenvalue weighted by molar-refractivity contribution is 0.728. The molecular formula is C13H17N3S. The van der Waals surface area contributed by atoms with Gasteiger partial charge in [-0.1, -0.05) is 35.7 Å². The minimum Gasteiger partial charge on any atom is -0.323 e. The molecule has 17 heavy (non-hydrogen) atoms. The Balaban J connectivity index is 2.07. The van der Waals surface area contributed by atoms with E-state index in [-0.39, 0.29) is 6.04 Å². The van der Waals surface area contributed by atoms with Gasteiger partial charge < -0.3 is 5.73 Å². The van der Waals surface area contributed by atoms with Gasteiger partial charge in [-0.05, 0) is 42.4 Å². The second kappa shape index (κ2) is 5.38. The van der Waals surface area contributed by atoms with Crippen molar-refractivity contribution in [2.75, 3.05) is 0 Å². The van der Waals surface area contributed by atoms with E-state index in [2.05, 4.69) is 40.8 Å². The van der Waals surface area contributed by atoms with Crippen LogP contribution >= 0.6 is 11.5 Å². The van der Waals surface area contributed by atoms with Crippen molar-refractivity contribution in [2.45, 2.75) is 32.7 Å². The second-order valence-corrected chi connectivity index (χ2v) is 4.99. The number of nitrogens with zero attached hydrogens (tertiary/aromatic N) is 2. The highest BCUT2D eigenvalue weighted by Crippen LogP contribution is 2.21. The first kappa shape index (κ1) is 12.2. The van der Waals surface area contributed by atoms with Crippen LogP contribution in [0.15, 0.2) is 24.3 Å². The zero-order valence-corrected chi connectivity index (χ0v) is 11.0. The van der Waals surface area contributed by atoms with Gasteiger partial charge in [-0.3, -0.25) is 0 Å². The van der Waals surface area contributed by atoms with Gasteiger partial charge >= 0.3 is 0 Å². The van der Waals surface area contributed by atoms with Crippen LogP contribution in [0.4, 0.5) is 0 Å². The molecule has 0 amide bonds. The number of rotatable bonds is 4. The number of hydrogen-bond acceptors (Lipinski definition) is 4. The van der Waals surface area contributed by atoms with Gasteiger partial charge in [-0.25, -0.2) is 0 Å². The van der Waals surface area contributed by atoms with E-state index in [0.29, 0.717) is 0 Å². The van der Waals surface area contributed by atoms with Crippen LogP contribution in [-0.2, 0) is 12.8 Å². The number of aromatic nitrogens is 2. The van der Waals surface area contributed by atoms with Crippen molar-refractivity contribution >= 4 is 11.5 Å². The Kier molecular flexibility index (Phi) is 3.86. The second-order valence-electron chi connectivity index (χ2n) is 4.20. The number of hydrogen-bond donors (Lipinski definition) is 1. The molecule has 0 aliphatic carbocycles. The molecule has 0 aliphatic heterocycles. The molecule has 0 bridgehead atoms. The zero-order valence-electron chi connectivity index (χ0n) is 10.2. The fourth-order valence-corrected chi connectivity index (χ4v) is 2.48. The molecular weight excluding hydrogens is 230 g/mol. The Hall–Kier alpha value is -1.26. The summed E-state index contributed by atoms with van der Waals surface area (Å²) in [6.07, 6.45) is 1.92. The Bertz CT molecular complexity index is 476. The average molecular weight is 247 g/mol. The predicted molar refractivity (Wildman–Crippen MR) is 71.1 cm³/mol. The van der Waals surface area contributed by atoms with Crippen LogP contribution in [0.25, 0.3) is 0 Å². The van der Waals surface area contributed by atoms with Crippen molar-refractivity contribution in [3.8, 4) is 0 Å². The van der Waals surface area contributed by atoms with E-state index in [1.54, 1.807) is 0 Å². The van der Waals surface area contributed by atoms with Crippen LogP contribution in [0, 0.1) is 6.92 Å². The van der Waals surface area contributed by atoms with Crippen molar-refractivity contribution in [3.05, 3.63) is 46.0 Å². The third-order valence-corrected chi connectivity index (χ3v) is 3.87. The zero-order chi connectivity index (χ0) is 12.3. The quantitative estimate of drug-likeness (QED) is 0.903. The third kappa shape index (κ3) is 2.90. The molecule has 90 valence electrons. The summed E-state index contributed by atoms with van der Waals surface area (Å²) >= 11 is 1.40. The average Bonchev–Trinajstić information content (AvgIpc) is 2.76. The molecule has 1 unspecified atom stereocenters. The Morgan fingerprint density at radius 1 is 1.24 bits per heavy atom. The maximum Gasteiger partial charge on any atom is 0.0772 e. The smallest absolute Gasteiger partial charge is 0.0772 e. The molecule has 1 heterocycles. The van der Waals surface area contributed by atoms with Gasteiger partial charge in [0, 0.05) is 6.04 Å². The van der Waals surface area contributed by atoms with Crippen LogP contribution in [0.1, 0.15) is 34.7 Å². The fraction of sp³-hybridized carbons (Fsp3) is 0.385. The molecule has 0 spiro atoms. The van der Waals surface area contributed by atoms with E-state index < -0.39 is 0 Å². The van der Waals surface area contributed by atoms with Gasteiger partial charge in [0.2, 0.25) is 0 Å². The first-order valence-corrected chi connectivity index (χ1v) is 6.60. The molecule has 0 radical (unpaired) electrons. The molecule has 0 fully saturated rings. The van der Waals surface area contributed by atoms with E-state index in [4.69, 9.17) is 5.73 Å². The molecule has 0 saturated heterocycles. The Labute approximate surface area is 106 Å². The molecule has 1 aromatic heterocycles. The summed E-state index contributed by atoms with van der Waals surface area (Å²) in [5, 5.41) is 4.00. The van der Waals surface area contributed by atoms with E-state index in [1.807, 2.05) is 6.92 Å². The van der Waals surface area contributed by atoms with Crippen LogP contribution in [0.2, 0.25) is 0 Å². The summed E-state index contributed by atoms with van der Waals surface area (Å²) < 4.78 is 3.92. The largest absolute Gasteiger partial charge is 0.323 e. The molecule has 1 aromatic carbocycles. The van der Waals surface area contributed by atoms with Gasteiger partial charge in [0.15, 0.2) is 0 Å². The van der Waals surface area contributed by atoms with E-state index in [1.165, 1.54) is 22.7 Å². The fourth-order valence-electron chi connectivity index (χ4n) is 1.83. The summed E-state index contributed by atoms with van der Waals surface area (Å²) in [6.45, 7) is 4.12. The molecule has 2 rings (SSSR count). The van der Waals surface area contributed by atoms with Crippen molar-refractivity contribution in [1.82, 2.24) is 9.59 Å². The normalized spacial score (nSPS) is 12.6. The first-order valence-electron chi connectivity index (χ1n) is 5.83. The van der Waals surface area contributed by atoms with Crippen LogP contribution in [-0.4, -0.2) is 9.59 Å². The van der Waals surface area contributed by atoms with Gasteiger partial charge in [-0.2, -0.15) is 0 Å². The van der Waals surface area contributed by atoms with Crippen molar-refractivity contribution in [2.24, 2.45) is 5.73 Å². The molecule has 1 atom stereocenters. The molecule has 0 aliphatic rings. The highest BCUT2D eigenvalue weighted by molar-refractivity contribution is 7.05. The van der Waals surface area contributed by atoms with Crippen molar-refractivity contribution < 1.29 is 0 Å². The van der Waals surface area contributed by atoms with Gasteiger partial charge in [0.1, 0.15) is 0 Å². The van der Waals surface area contributed by atoms with Crippen LogP contribution < -0.4 is 5.73 Å². The highest BCUT2D eigenvalue weighted by Gasteiger charge is 2.13. The highest BCUT2D eigenvalue weighted by atomic mass is 32.1. The lowest BCUT2D eigenvalue weighted by atomic mass is 10.0. The van der Waals surface area contributed by atoms with Crippen LogP contribution in [0.3, 0.4) is 0 Å².